The highest BCUT2D eigenvalue weighted by Gasteiger charge is 2.34. The van der Waals surface area contributed by atoms with Crippen LogP contribution in [0.5, 0.6) is 0 Å². The van der Waals surface area contributed by atoms with Crippen molar-refractivity contribution in [1.29, 1.82) is 0 Å². The third-order valence-corrected chi connectivity index (χ3v) is 4.83. The zero-order chi connectivity index (χ0) is 17.4. The normalized spacial score (nSPS) is 17.4. The molecular formula is C21H21N3O. The minimum absolute atomic E-state index is 0.0983. The third kappa shape index (κ3) is 2.74. The standard InChI is InChI=1S/C21H21N3O/c1-3-12-23-19-7-5-4-6-18(19)22-21(23)16-13-20(25)24(14-16)17-10-8-15(2)9-11-17/h3-11,16H,1,12-14H2,2H3/t16-/m1/s1. The second kappa shape index (κ2) is 6.20. The quantitative estimate of drug-likeness (QED) is 0.676. The fraction of sp³-hybridized carbons (Fsp3) is 0.238. The second-order valence-corrected chi connectivity index (χ2v) is 6.60. The Bertz CT molecular complexity index is 939. The lowest BCUT2D eigenvalue weighted by molar-refractivity contribution is -0.117. The van der Waals surface area contributed by atoms with Gasteiger partial charge in [-0.15, -0.1) is 6.58 Å². The van der Waals surface area contributed by atoms with E-state index in [0.717, 1.165) is 22.5 Å². The molecule has 0 unspecified atom stereocenters. The Hall–Kier alpha value is -2.88. The summed E-state index contributed by atoms with van der Waals surface area (Å²) in [5.74, 6) is 1.23. The maximum Gasteiger partial charge on any atom is 0.227 e. The number of anilines is 1. The van der Waals surface area contributed by atoms with Crippen molar-refractivity contribution in [1.82, 2.24) is 9.55 Å². The Morgan fingerprint density at radius 2 is 1.96 bits per heavy atom. The average molecular weight is 331 g/mol. The summed E-state index contributed by atoms with van der Waals surface area (Å²) in [4.78, 5) is 19.3. The first-order valence-corrected chi connectivity index (χ1v) is 8.60. The number of aryl methyl sites for hydroxylation is 1. The second-order valence-electron chi connectivity index (χ2n) is 6.60. The number of para-hydroxylation sites is 2. The van der Waals surface area contributed by atoms with Crippen molar-refractivity contribution >= 4 is 22.6 Å². The van der Waals surface area contributed by atoms with E-state index in [4.69, 9.17) is 4.98 Å². The number of hydrogen-bond acceptors (Lipinski definition) is 2. The van der Waals surface area contributed by atoms with E-state index in [1.165, 1.54) is 5.56 Å². The lowest BCUT2D eigenvalue weighted by atomic mass is 10.1. The first-order chi connectivity index (χ1) is 12.2. The number of imidazole rings is 1. The van der Waals surface area contributed by atoms with Gasteiger partial charge in [0.15, 0.2) is 0 Å². The fourth-order valence-corrected chi connectivity index (χ4v) is 3.58. The number of fused-ring (bicyclic) bond motifs is 1. The fourth-order valence-electron chi connectivity index (χ4n) is 3.58. The van der Waals surface area contributed by atoms with E-state index in [-0.39, 0.29) is 11.8 Å². The summed E-state index contributed by atoms with van der Waals surface area (Å²) >= 11 is 0. The monoisotopic (exact) mass is 331 g/mol. The highest BCUT2D eigenvalue weighted by Crippen LogP contribution is 2.33. The molecule has 1 aliphatic heterocycles. The van der Waals surface area contributed by atoms with E-state index in [0.29, 0.717) is 19.5 Å². The summed E-state index contributed by atoms with van der Waals surface area (Å²) in [6.45, 7) is 7.29. The number of amides is 1. The predicted molar refractivity (Wildman–Crippen MR) is 101 cm³/mol. The molecule has 0 saturated carbocycles. The van der Waals surface area contributed by atoms with Crippen molar-refractivity contribution in [3.8, 4) is 0 Å². The minimum Gasteiger partial charge on any atom is -0.324 e. The molecule has 1 saturated heterocycles. The third-order valence-electron chi connectivity index (χ3n) is 4.83. The molecule has 126 valence electrons. The van der Waals surface area contributed by atoms with Crippen LogP contribution in [0.4, 0.5) is 5.69 Å². The molecule has 0 N–H and O–H groups in total. The number of rotatable bonds is 4. The van der Waals surface area contributed by atoms with Gasteiger partial charge in [0, 0.05) is 31.1 Å². The van der Waals surface area contributed by atoms with E-state index >= 15 is 0 Å². The van der Waals surface area contributed by atoms with Crippen molar-refractivity contribution in [3.05, 3.63) is 72.6 Å². The van der Waals surface area contributed by atoms with Crippen LogP contribution in [0.1, 0.15) is 23.7 Å². The smallest absolute Gasteiger partial charge is 0.227 e. The highest BCUT2D eigenvalue weighted by atomic mass is 16.2. The summed E-state index contributed by atoms with van der Waals surface area (Å²) in [6.07, 6.45) is 2.38. The maximum atomic E-state index is 12.6. The van der Waals surface area contributed by atoms with Gasteiger partial charge >= 0.3 is 0 Å². The van der Waals surface area contributed by atoms with E-state index < -0.39 is 0 Å². The molecule has 0 radical (unpaired) electrons. The van der Waals surface area contributed by atoms with Gasteiger partial charge in [0.25, 0.3) is 0 Å². The zero-order valence-electron chi connectivity index (χ0n) is 14.4. The Morgan fingerprint density at radius 3 is 2.72 bits per heavy atom. The number of allylic oxidation sites excluding steroid dienone is 1. The van der Waals surface area contributed by atoms with E-state index in [1.807, 2.05) is 53.4 Å². The van der Waals surface area contributed by atoms with Crippen LogP contribution >= 0.6 is 0 Å². The molecule has 1 amide bonds. The average Bonchev–Trinajstić information content (AvgIpc) is 3.17. The van der Waals surface area contributed by atoms with Gasteiger partial charge in [-0.3, -0.25) is 4.79 Å². The van der Waals surface area contributed by atoms with Crippen LogP contribution < -0.4 is 4.90 Å². The van der Waals surface area contributed by atoms with Crippen LogP contribution in [-0.4, -0.2) is 22.0 Å². The van der Waals surface area contributed by atoms with Crippen LogP contribution in [0.3, 0.4) is 0 Å². The topological polar surface area (TPSA) is 38.1 Å². The van der Waals surface area contributed by atoms with Crippen LogP contribution in [0.25, 0.3) is 11.0 Å². The molecule has 1 fully saturated rings. The van der Waals surface area contributed by atoms with Gasteiger partial charge < -0.3 is 9.47 Å². The maximum absolute atomic E-state index is 12.6. The summed E-state index contributed by atoms with van der Waals surface area (Å²) < 4.78 is 2.18. The van der Waals surface area contributed by atoms with E-state index in [9.17, 15) is 4.79 Å². The summed E-state index contributed by atoms with van der Waals surface area (Å²) in [7, 11) is 0. The number of carbonyl (C=O) groups excluding carboxylic acids is 1. The Labute approximate surface area is 147 Å². The summed E-state index contributed by atoms with van der Waals surface area (Å²) in [5, 5.41) is 0. The summed E-state index contributed by atoms with van der Waals surface area (Å²) in [5.41, 5.74) is 4.23. The molecule has 1 aliphatic rings. The SMILES string of the molecule is C=CCn1c([C@@H]2CC(=O)N(c3ccc(C)cc3)C2)nc2ccccc21. The number of aromatic nitrogens is 2. The van der Waals surface area contributed by atoms with Crippen LogP contribution in [-0.2, 0) is 11.3 Å². The molecule has 0 spiro atoms. The molecule has 4 nitrogen and oxygen atoms in total. The molecule has 3 aromatic rings. The molecule has 1 aromatic heterocycles. The number of hydrogen-bond donors (Lipinski definition) is 0. The van der Waals surface area contributed by atoms with Crippen LogP contribution in [0.2, 0.25) is 0 Å². The van der Waals surface area contributed by atoms with Gasteiger partial charge in [-0.1, -0.05) is 35.9 Å². The molecule has 0 bridgehead atoms. The molecule has 0 aliphatic carbocycles. The molecule has 2 heterocycles. The molecule has 4 rings (SSSR count). The summed E-state index contributed by atoms with van der Waals surface area (Å²) in [6, 6.07) is 16.2. The number of benzene rings is 2. The van der Waals surface area contributed by atoms with Crippen molar-refractivity contribution in [3.63, 3.8) is 0 Å². The Kier molecular flexibility index (Phi) is 3.88. The molecule has 4 heteroatoms. The molecule has 1 atom stereocenters. The molecular weight excluding hydrogens is 310 g/mol. The Morgan fingerprint density at radius 1 is 1.20 bits per heavy atom. The van der Waals surface area contributed by atoms with Crippen molar-refractivity contribution in [2.75, 3.05) is 11.4 Å². The van der Waals surface area contributed by atoms with Crippen LogP contribution in [0, 0.1) is 6.92 Å². The first-order valence-electron chi connectivity index (χ1n) is 8.60. The van der Waals surface area contributed by atoms with E-state index in [1.54, 1.807) is 0 Å². The van der Waals surface area contributed by atoms with Crippen molar-refractivity contribution in [2.24, 2.45) is 0 Å². The van der Waals surface area contributed by atoms with E-state index in [2.05, 4.69) is 24.1 Å². The largest absolute Gasteiger partial charge is 0.324 e. The highest BCUT2D eigenvalue weighted by molar-refractivity contribution is 5.96. The predicted octanol–water partition coefficient (Wildman–Crippen LogP) is 4.05. The number of nitrogens with zero attached hydrogens (tertiary/aromatic N) is 3. The van der Waals surface area contributed by atoms with Gasteiger partial charge in [-0.05, 0) is 31.2 Å². The first kappa shape index (κ1) is 15.6. The lowest BCUT2D eigenvalue weighted by Gasteiger charge is -2.17. The minimum atomic E-state index is 0.0983. The molecule has 25 heavy (non-hydrogen) atoms. The van der Waals surface area contributed by atoms with Gasteiger partial charge in [0.1, 0.15) is 5.82 Å². The van der Waals surface area contributed by atoms with Gasteiger partial charge in [0.2, 0.25) is 5.91 Å². The Balaban J connectivity index is 1.70. The lowest BCUT2D eigenvalue weighted by Crippen LogP contribution is -2.24. The van der Waals surface area contributed by atoms with Crippen molar-refractivity contribution < 1.29 is 4.79 Å². The van der Waals surface area contributed by atoms with Gasteiger partial charge in [0.05, 0.1) is 11.0 Å². The zero-order valence-corrected chi connectivity index (χ0v) is 14.4. The van der Waals surface area contributed by atoms with Crippen LogP contribution in [0.15, 0.2) is 61.2 Å². The van der Waals surface area contributed by atoms with Gasteiger partial charge in [-0.2, -0.15) is 0 Å². The molecule has 2 aromatic carbocycles. The van der Waals surface area contributed by atoms with Crippen molar-refractivity contribution in [2.45, 2.75) is 25.8 Å². The number of carbonyl (C=O) groups is 1. The van der Waals surface area contributed by atoms with Gasteiger partial charge in [-0.25, -0.2) is 4.98 Å².